The van der Waals surface area contributed by atoms with E-state index in [1.165, 1.54) is 6.20 Å². The van der Waals surface area contributed by atoms with Gasteiger partial charge in [-0.3, -0.25) is 4.79 Å². The maximum atomic E-state index is 14.7. The van der Waals surface area contributed by atoms with Crippen molar-refractivity contribution in [1.82, 2.24) is 9.97 Å². The van der Waals surface area contributed by atoms with E-state index in [4.69, 9.17) is 16.2 Å². The van der Waals surface area contributed by atoms with Crippen molar-refractivity contribution in [2.75, 3.05) is 41.8 Å². The largest absolute Gasteiger partial charge is 0.378 e. The predicted molar refractivity (Wildman–Crippen MR) is 122 cm³/mol. The summed E-state index contributed by atoms with van der Waals surface area (Å²) < 4.78 is 20.1. The number of anilines is 4. The third kappa shape index (κ3) is 5.13. The highest BCUT2D eigenvalue weighted by molar-refractivity contribution is 5.98. The Labute approximate surface area is 191 Å². The lowest BCUT2D eigenvalue weighted by Gasteiger charge is -2.30. The van der Waals surface area contributed by atoms with Gasteiger partial charge in [0.1, 0.15) is 17.7 Å². The molecule has 2 aromatic rings. The standard InChI is InChI=1S/C22H27FN8O2/c23-16-10-15(19(26)32)20(30-21(16)29-18-4-2-1-3-17(18)25)28-14-9-13(11-24)22(27-12-14)31-5-7-33-8-6-31/h9-10,12,17-18H,1-8,25H2,(H2,26,32)(H2,28,29,30)/t17-,18+/m1/s1. The molecule has 3 heterocycles. The minimum absolute atomic E-state index is 0.0109. The highest BCUT2D eigenvalue weighted by Crippen LogP contribution is 2.28. The van der Waals surface area contributed by atoms with Crippen molar-refractivity contribution in [3.63, 3.8) is 0 Å². The first kappa shape index (κ1) is 22.7. The Morgan fingerprint density at radius 1 is 1.24 bits per heavy atom. The molecule has 0 bridgehead atoms. The fourth-order valence-electron chi connectivity index (χ4n) is 4.16. The van der Waals surface area contributed by atoms with Crippen LogP contribution in [0.2, 0.25) is 0 Å². The molecule has 2 aliphatic rings. The summed E-state index contributed by atoms with van der Waals surface area (Å²) in [4.78, 5) is 22.6. The van der Waals surface area contributed by atoms with Crippen LogP contribution in [0.4, 0.5) is 27.5 Å². The second-order valence-corrected chi connectivity index (χ2v) is 8.21. The molecular weight excluding hydrogens is 427 g/mol. The van der Waals surface area contributed by atoms with E-state index in [9.17, 15) is 14.4 Å². The van der Waals surface area contributed by atoms with Gasteiger partial charge in [0, 0.05) is 25.2 Å². The Kier molecular flexibility index (Phi) is 6.86. The van der Waals surface area contributed by atoms with E-state index < -0.39 is 11.7 Å². The number of nitriles is 1. The number of carbonyl (C=O) groups is 1. The summed E-state index contributed by atoms with van der Waals surface area (Å²) in [6.45, 7) is 2.40. The third-order valence-corrected chi connectivity index (χ3v) is 5.94. The van der Waals surface area contributed by atoms with Crippen molar-refractivity contribution in [1.29, 1.82) is 5.26 Å². The van der Waals surface area contributed by atoms with Gasteiger partial charge in [-0.15, -0.1) is 0 Å². The zero-order valence-electron chi connectivity index (χ0n) is 18.2. The molecule has 0 aromatic carbocycles. The third-order valence-electron chi connectivity index (χ3n) is 5.94. The van der Waals surface area contributed by atoms with Crippen molar-refractivity contribution >= 4 is 29.0 Å². The number of rotatable bonds is 6. The molecule has 1 aliphatic carbocycles. The molecule has 0 unspecified atom stereocenters. The number of amides is 1. The molecule has 4 rings (SSSR count). The molecular formula is C22H27FN8O2. The molecule has 1 aliphatic heterocycles. The lowest BCUT2D eigenvalue weighted by atomic mass is 9.91. The quantitative estimate of drug-likeness (QED) is 0.511. The summed E-state index contributed by atoms with van der Waals surface area (Å²) >= 11 is 0. The van der Waals surface area contributed by atoms with Gasteiger partial charge < -0.3 is 31.7 Å². The van der Waals surface area contributed by atoms with E-state index in [2.05, 4.69) is 26.7 Å². The number of carbonyl (C=O) groups excluding carboxylic acids is 1. The number of aromatic nitrogens is 2. The molecule has 2 atom stereocenters. The summed E-state index contributed by atoms with van der Waals surface area (Å²) in [6.07, 6.45) is 5.22. The Morgan fingerprint density at radius 2 is 2.00 bits per heavy atom. The van der Waals surface area contributed by atoms with Crippen molar-refractivity contribution in [3.8, 4) is 6.07 Å². The second-order valence-electron chi connectivity index (χ2n) is 8.21. The Bertz CT molecular complexity index is 1070. The van der Waals surface area contributed by atoms with Crippen LogP contribution in [0.25, 0.3) is 0 Å². The number of hydrogen-bond donors (Lipinski definition) is 4. The first-order valence-corrected chi connectivity index (χ1v) is 11.0. The number of nitrogens with zero attached hydrogens (tertiary/aromatic N) is 4. The molecule has 174 valence electrons. The molecule has 0 spiro atoms. The normalized spacial score (nSPS) is 20.7. The van der Waals surface area contributed by atoms with E-state index in [0.29, 0.717) is 43.4 Å². The number of nitrogens with two attached hydrogens (primary N) is 2. The predicted octanol–water partition coefficient (Wildman–Crippen LogP) is 1.85. The molecule has 2 aromatic heterocycles. The van der Waals surface area contributed by atoms with Crippen LogP contribution in [-0.4, -0.2) is 54.3 Å². The van der Waals surface area contributed by atoms with Crippen LogP contribution in [0.1, 0.15) is 41.6 Å². The van der Waals surface area contributed by atoms with Crippen LogP contribution >= 0.6 is 0 Å². The van der Waals surface area contributed by atoms with Gasteiger partial charge in [-0.25, -0.2) is 14.4 Å². The Hall–Kier alpha value is -3.49. The Balaban J connectivity index is 1.62. The molecule has 10 nitrogen and oxygen atoms in total. The number of primary amides is 1. The Morgan fingerprint density at radius 3 is 2.70 bits per heavy atom. The van der Waals surface area contributed by atoms with Crippen LogP contribution in [0, 0.1) is 17.1 Å². The van der Waals surface area contributed by atoms with Crippen LogP contribution in [0.3, 0.4) is 0 Å². The smallest absolute Gasteiger partial charge is 0.252 e. The number of hydrogen-bond acceptors (Lipinski definition) is 9. The van der Waals surface area contributed by atoms with E-state index >= 15 is 0 Å². The summed E-state index contributed by atoms with van der Waals surface area (Å²) in [5.41, 5.74) is 12.3. The number of ether oxygens (including phenoxy) is 1. The molecule has 1 amide bonds. The lowest BCUT2D eigenvalue weighted by Crippen LogP contribution is -2.43. The first-order chi connectivity index (χ1) is 16.0. The molecule has 33 heavy (non-hydrogen) atoms. The van der Waals surface area contributed by atoms with Gasteiger partial charge in [0.05, 0.1) is 36.2 Å². The zero-order chi connectivity index (χ0) is 23.4. The fourth-order valence-corrected chi connectivity index (χ4v) is 4.16. The SMILES string of the molecule is N#Cc1cc(Nc2nc(N[C@H]3CCCC[C@H]3N)c(F)cc2C(N)=O)cnc1N1CCOCC1. The minimum Gasteiger partial charge on any atom is -0.378 e. The number of halogens is 1. The van der Waals surface area contributed by atoms with Gasteiger partial charge in [-0.1, -0.05) is 12.8 Å². The van der Waals surface area contributed by atoms with Gasteiger partial charge in [-0.2, -0.15) is 5.26 Å². The van der Waals surface area contributed by atoms with E-state index in [1.807, 2.05) is 4.90 Å². The van der Waals surface area contributed by atoms with Gasteiger partial charge in [-0.05, 0) is 25.0 Å². The summed E-state index contributed by atoms with van der Waals surface area (Å²) in [7, 11) is 0. The minimum atomic E-state index is -0.830. The van der Waals surface area contributed by atoms with Crippen molar-refractivity contribution < 1.29 is 13.9 Å². The molecule has 6 N–H and O–H groups in total. The highest BCUT2D eigenvalue weighted by Gasteiger charge is 2.25. The topological polar surface area (TPSA) is 155 Å². The van der Waals surface area contributed by atoms with E-state index in [1.54, 1.807) is 6.07 Å². The maximum absolute atomic E-state index is 14.7. The summed E-state index contributed by atoms with van der Waals surface area (Å²) in [5.74, 6) is -0.903. The van der Waals surface area contributed by atoms with Crippen molar-refractivity contribution in [2.24, 2.45) is 11.5 Å². The number of nitrogens with one attached hydrogen (secondary N) is 2. The molecule has 11 heteroatoms. The summed E-state index contributed by atoms with van der Waals surface area (Å²) in [6, 6.07) is 4.59. The first-order valence-electron chi connectivity index (χ1n) is 11.0. The molecule has 1 saturated carbocycles. The van der Waals surface area contributed by atoms with Gasteiger partial charge in [0.25, 0.3) is 5.91 Å². The zero-order valence-corrected chi connectivity index (χ0v) is 18.2. The lowest BCUT2D eigenvalue weighted by molar-refractivity contribution is 0.100. The van der Waals surface area contributed by atoms with Gasteiger partial charge >= 0.3 is 0 Å². The molecule has 1 saturated heterocycles. The van der Waals surface area contributed by atoms with Crippen LogP contribution in [0.15, 0.2) is 18.3 Å². The fraction of sp³-hybridized carbons (Fsp3) is 0.455. The number of pyridine rings is 2. The van der Waals surface area contributed by atoms with Gasteiger partial charge in [0.2, 0.25) is 0 Å². The van der Waals surface area contributed by atoms with Crippen LogP contribution in [-0.2, 0) is 4.74 Å². The highest BCUT2D eigenvalue weighted by atomic mass is 19.1. The maximum Gasteiger partial charge on any atom is 0.252 e. The van der Waals surface area contributed by atoms with Crippen LogP contribution in [0.5, 0.6) is 0 Å². The second kappa shape index (κ2) is 9.97. The molecule has 2 fully saturated rings. The van der Waals surface area contributed by atoms with Crippen molar-refractivity contribution in [2.45, 2.75) is 37.8 Å². The van der Waals surface area contributed by atoms with E-state index in [0.717, 1.165) is 31.7 Å². The van der Waals surface area contributed by atoms with Gasteiger partial charge in [0.15, 0.2) is 11.6 Å². The number of morpholine rings is 1. The van der Waals surface area contributed by atoms with E-state index in [-0.39, 0.29) is 29.3 Å². The summed E-state index contributed by atoms with van der Waals surface area (Å²) in [5, 5.41) is 15.7. The van der Waals surface area contributed by atoms with Crippen LogP contribution < -0.4 is 27.0 Å². The monoisotopic (exact) mass is 454 g/mol. The molecule has 0 radical (unpaired) electrons. The average Bonchev–Trinajstić information content (AvgIpc) is 2.82. The average molecular weight is 455 g/mol. The van der Waals surface area contributed by atoms with Crippen molar-refractivity contribution in [3.05, 3.63) is 35.3 Å².